The number of benzene rings is 1. The third kappa shape index (κ3) is 6.04. The van der Waals surface area contributed by atoms with Crippen molar-refractivity contribution in [1.29, 1.82) is 0 Å². The fraction of sp³-hybridized carbons (Fsp3) is 0.533. The minimum Gasteiger partial charge on any atom is -0.445 e. The fourth-order valence-electron chi connectivity index (χ4n) is 1.69. The van der Waals surface area contributed by atoms with E-state index in [0.717, 1.165) is 5.56 Å². The minimum absolute atomic E-state index is 0.137. The van der Waals surface area contributed by atoms with Crippen LogP contribution in [0.1, 0.15) is 18.4 Å². The lowest BCUT2D eigenvalue weighted by Gasteiger charge is -2.12. The van der Waals surface area contributed by atoms with Crippen molar-refractivity contribution >= 4 is 6.09 Å². The number of nitrogens with one attached hydrogen (secondary N) is 1. The van der Waals surface area contributed by atoms with Crippen molar-refractivity contribution in [3.05, 3.63) is 35.9 Å². The zero-order valence-corrected chi connectivity index (χ0v) is 11.5. The summed E-state index contributed by atoms with van der Waals surface area (Å²) in [5, 5.41) is 12.1. The number of rotatable bonds is 8. The standard InChI is InChI=1S/C15H21NO4/c17-14(11-19-9-13-6-7-13)8-16-15(18)20-10-12-4-2-1-3-5-12/h1-5,13-14,17H,6-11H2,(H,16,18). The molecule has 1 atom stereocenters. The zero-order valence-electron chi connectivity index (χ0n) is 11.5. The van der Waals surface area contributed by atoms with Gasteiger partial charge in [0.15, 0.2) is 0 Å². The maximum absolute atomic E-state index is 11.4. The first-order valence-electron chi connectivity index (χ1n) is 6.94. The van der Waals surface area contributed by atoms with E-state index in [4.69, 9.17) is 9.47 Å². The van der Waals surface area contributed by atoms with Crippen LogP contribution in [0.25, 0.3) is 0 Å². The molecule has 2 rings (SSSR count). The molecule has 5 heteroatoms. The summed E-state index contributed by atoms with van der Waals surface area (Å²) < 4.78 is 10.4. The van der Waals surface area contributed by atoms with Crippen molar-refractivity contribution in [3.8, 4) is 0 Å². The summed E-state index contributed by atoms with van der Waals surface area (Å²) >= 11 is 0. The number of amides is 1. The van der Waals surface area contributed by atoms with Crippen LogP contribution in [0.4, 0.5) is 4.79 Å². The summed E-state index contributed by atoms with van der Waals surface area (Å²) in [7, 11) is 0. The number of carbonyl (C=O) groups excluding carboxylic acids is 1. The van der Waals surface area contributed by atoms with Gasteiger partial charge in [-0.25, -0.2) is 4.79 Å². The maximum Gasteiger partial charge on any atom is 0.407 e. The van der Waals surface area contributed by atoms with Gasteiger partial charge < -0.3 is 19.9 Å². The number of alkyl carbamates (subject to hydrolysis) is 1. The molecule has 0 aliphatic heterocycles. The summed E-state index contributed by atoms with van der Waals surface area (Å²) in [5.74, 6) is 0.672. The van der Waals surface area contributed by atoms with Gasteiger partial charge in [0.25, 0.3) is 0 Å². The number of ether oxygens (including phenoxy) is 2. The molecule has 0 spiro atoms. The first-order valence-corrected chi connectivity index (χ1v) is 6.94. The second-order valence-electron chi connectivity index (χ2n) is 5.08. The van der Waals surface area contributed by atoms with Gasteiger partial charge in [-0.3, -0.25) is 0 Å². The van der Waals surface area contributed by atoms with Gasteiger partial charge in [0.05, 0.1) is 12.7 Å². The Labute approximate surface area is 118 Å². The van der Waals surface area contributed by atoms with Crippen molar-refractivity contribution in [1.82, 2.24) is 5.32 Å². The Morgan fingerprint density at radius 1 is 1.35 bits per heavy atom. The predicted molar refractivity (Wildman–Crippen MR) is 74.2 cm³/mol. The van der Waals surface area contributed by atoms with Crippen LogP contribution in [0.15, 0.2) is 30.3 Å². The molecule has 0 bridgehead atoms. The Hall–Kier alpha value is -1.59. The van der Waals surface area contributed by atoms with E-state index in [1.165, 1.54) is 12.8 Å². The third-order valence-electron chi connectivity index (χ3n) is 3.06. The summed E-state index contributed by atoms with van der Waals surface area (Å²) in [6, 6.07) is 9.44. The molecule has 0 saturated heterocycles. The highest BCUT2D eigenvalue weighted by atomic mass is 16.5. The number of aliphatic hydroxyl groups is 1. The van der Waals surface area contributed by atoms with Crippen LogP contribution in [0.2, 0.25) is 0 Å². The molecule has 20 heavy (non-hydrogen) atoms. The lowest BCUT2D eigenvalue weighted by atomic mass is 10.2. The highest BCUT2D eigenvalue weighted by Gasteiger charge is 2.21. The highest BCUT2D eigenvalue weighted by Crippen LogP contribution is 2.28. The molecule has 1 amide bonds. The van der Waals surface area contributed by atoms with Crippen LogP contribution in [0.3, 0.4) is 0 Å². The summed E-state index contributed by atoms with van der Waals surface area (Å²) in [6.45, 7) is 1.31. The molecule has 0 heterocycles. The average molecular weight is 279 g/mol. The second kappa shape index (κ2) is 7.87. The third-order valence-corrected chi connectivity index (χ3v) is 3.06. The smallest absolute Gasteiger partial charge is 0.407 e. The van der Waals surface area contributed by atoms with Gasteiger partial charge in [0.2, 0.25) is 0 Å². The van der Waals surface area contributed by atoms with Crippen molar-refractivity contribution in [2.75, 3.05) is 19.8 Å². The molecule has 1 aromatic rings. The quantitative estimate of drug-likeness (QED) is 0.760. The van der Waals surface area contributed by atoms with Gasteiger partial charge in [-0.2, -0.15) is 0 Å². The number of hydrogen-bond acceptors (Lipinski definition) is 4. The molecule has 1 aliphatic rings. The molecular formula is C15H21NO4. The molecule has 1 unspecified atom stereocenters. The van der Waals surface area contributed by atoms with Crippen LogP contribution in [-0.2, 0) is 16.1 Å². The Morgan fingerprint density at radius 2 is 2.10 bits per heavy atom. The highest BCUT2D eigenvalue weighted by molar-refractivity contribution is 5.67. The lowest BCUT2D eigenvalue weighted by Crippen LogP contribution is -2.35. The first kappa shape index (κ1) is 14.8. The van der Waals surface area contributed by atoms with E-state index in [0.29, 0.717) is 12.5 Å². The number of hydrogen-bond donors (Lipinski definition) is 2. The predicted octanol–water partition coefficient (Wildman–Crippen LogP) is 1.70. The Bertz CT molecular complexity index is 406. The summed E-state index contributed by atoms with van der Waals surface area (Å²) in [6.07, 6.45) is 1.22. The lowest BCUT2D eigenvalue weighted by molar-refractivity contribution is 0.0316. The minimum atomic E-state index is -0.696. The molecule has 5 nitrogen and oxygen atoms in total. The molecule has 110 valence electrons. The molecule has 1 aliphatic carbocycles. The van der Waals surface area contributed by atoms with E-state index in [-0.39, 0.29) is 19.8 Å². The van der Waals surface area contributed by atoms with Gasteiger partial charge >= 0.3 is 6.09 Å². The number of carbonyl (C=O) groups is 1. The largest absolute Gasteiger partial charge is 0.445 e. The molecule has 0 aromatic heterocycles. The summed E-state index contributed by atoms with van der Waals surface area (Å²) in [5.41, 5.74) is 0.927. The molecule has 1 aromatic carbocycles. The fourth-order valence-corrected chi connectivity index (χ4v) is 1.69. The zero-order chi connectivity index (χ0) is 14.2. The van der Waals surface area contributed by atoms with Crippen molar-refractivity contribution in [2.45, 2.75) is 25.6 Å². The van der Waals surface area contributed by atoms with Gasteiger partial charge in [0, 0.05) is 13.2 Å². The van der Waals surface area contributed by atoms with Crippen molar-refractivity contribution < 1.29 is 19.4 Å². The Morgan fingerprint density at radius 3 is 2.80 bits per heavy atom. The van der Waals surface area contributed by atoms with Gasteiger partial charge in [-0.15, -0.1) is 0 Å². The van der Waals surface area contributed by atoms with Crippen LogP contribution in [0.5, 0.6) is 0 Å². The average Bonchev–Trinajstić information content (AvgIpc) is 3.28. The van der Waals surface area contributed by atoms with Gasteiger partial charge in [0.1, 0.15) is 6.61 Å². The van der Waals surface area contributed by atoms with Crippen molar-refractivity contribution in [3.63, 3.8) is 0 Å². The van der Waals surface area contributed by atoms with Gasteiger partial charge in [-0.1, -0.05) is 30.3 Å². The molecule has 1 saturated carbocycles. The van der Waals surface area contributed by atoms with E-state index >= 15 is 0 Å². The van der Waals surface area contributed by atoms with Crippen LogP contribution >= 0.6 is 0 Å². The Balaban J connectivity index is 1.52. The van der Waals surface area contributed by atoms with Gasteiger partial charge in [-0.05, 0) is 24.3 Å². The topological polar surface area (TPSA) is 67.8 Å². The van der Waals surface area contributed by atoms with E-state index in [1.54, 1.807) is 0 Å². The van der Waals surface area contributed by atoms with E-state index in [1.807, 2.05) is 30.3 Å². The SMILES string of the molecule is O=C(NCC(O)COCC1CC1)OCc1ccccc1. The second-order valence-corrected chi connectivity index (χ2v) is 5.08. The normalized spacial score (nSPS) is 15.7. The molecule has 1 fully saturated rings. The van der Waals surface area contributed by atoms with Crippen LogP contribution in [-0.4, -0.2) is 37.1 Å². The monoisotopic (exact) mass is 279 g/mol. The van der Waals surface area contributed by atoms with E-state index in [9.17, 15) is 9.90 Å². The number of aliphatic hydroxyl groups excluding tert-OH is 1. The maximum atomic E-state index is 11.4. The Kier molecular flexibility index (Phi) is 5.83. The molecular weight excluding hydrogens is 258 g/mol. The molecule has 0 radical (unpaired) electrons. The first-order chi connectivity index (χ1) is 9.74. The van der Waals surface area contributed by atoms with Crippen molar-refractivity contribution in [2.24, 2.45) is 5.92 Å². The van der Waals surface area contributed by atoms with E-state index in [2.05, 4.69) is 5.32 Å². The van der Waals surface area contributed by atoms with E-state index < -0.39 is 12.2 Å². The molecule has 2 N–H and O–H groups in total. The van der Waals surface area contributed by atoms with Crippen LogP contribution < -0.4 is 5.32 Å². The summed E-state index contributed by atoms with van der Waals surface area (Å²) in [4.78, 5) is 11.4. The van der Waals surface area contributed by atoms with Crippen LogP contribution in [0, 0.1) is 5.92 Å².